The zero-order valence-corrected chi connectivity index (χ0v) is 10.1. The number of rotatable bonds is 2. The summed E-state index contributed by atoms with van der Waals surface area (Å²) in [5.74, 6) is -0.973. The van der Waals surface area contributed by atoms with Crippen LogP contribution in [0, 0.1) is 6.92 Å². The Morgan fingerprint density at radius 3 is 2.95 bits per heavy atom. The van der Waals surface area contributed by atoms with Crippen molar-refractivity contribution in [3.8, 4) is 5.69 Å². The van der Waals surface area contributed by atoms with Crippen molar-refractivity contribution >= 4 is 17.1 Å². The maximum Gasteiger partial charge on any atom is 0.335 e. The molecule has 3 aromatic rings. The van der Waals surface area contributed by atoms with Gasteiger partial charge in [-0.2, -0.15) is 4.68 Å². The summed E-state index contributed by atoms with van der Waals surface area (Å²) in [6.45, 7) is 1.89. The molecular formula is C13H10N4O2. The van der Waals surface area contributed by atoms with Gasteiger partial charge in [-0.1, -0.05) is 11.3 Å². The summed E-state index contributed by atoms with van der Waals surface area (Å²) < 4.78 is 1.55. The first-order chi connectivity index (χ1) is 9.16. The van der Waals surface area contributed by atoms with E-state index in [0.717, 1.165) is 5.56 Å². The molecule has 0 amide bonds. The lowest BCUT2D eigenvalue weighted by atomic mass is 10.1. The number of hydrogen-bond acceptors (Lipinski definition) is 4. The molecular weight excluding hydrogens is 244 g/mol. The summed E-state index contributed by atoms with van der Waals surface area (Å²) in [6, 6.07) is 8.47. The lowest BCUT2D eigenvalue weighted by Gasteiger charge is -2.06. The summed E-state index contributed by atoms with van der Waals surface area (Å²) in [5.41, 5.74) is 3.06. The second-order valence-electron chi connectivity index (χ2n) is 4.15. The number of aromatic nitrogens is 4. The number of nitrogens with zero attached hydrogens (tertiary/aromatic N) is 4. The molecule has 0 aliphatic carbocycles. The molecule has 0 bridgehead atoms. The molecule has 94 valence electrons. The van der Waals surface area contributed by atoms with Gasteiger partial charge in [-0.05, 0) is 36.8 Å². The van der Waals surface area contributed by atoms with E-state index in [1.165, 1.54) is 0 Å². The van der Waals surface area contributed by atoms with Crippen LogP contribution in [0.2, 0.25) is 0 Å². The van der Waals surface area contributed by atoms with Gasteiger partial charge >= 0.3 is 5.97 Å². The van der Waals surface area contributed by atoms with Crippen LogP contribution < -0.4 is 0 Å². The number of hydrogen-bond donors (Lipinski definition) is 1. The highest BCUT2D eigenvalue weighted by Crippen LogP contribution is 2.19. The van der Waals surface area contributed by atoms with Gasteiger partial charge in [0.25, 0.3) is 0 Å². The minimum absolute atomic E-state index is 0.209. The number of aromatic carboxylic acids is 1. The molecule has 0 atom stereocenters. The zero-order chi connectivity index (χ0) is 13.4. The van der Waals surface area contributed by atoms with Gasteiger partial charge < -0.3 is 5.11 Å². The first-order valence-corrected chi connectivity index (χ1v) is 5.67. The third-order valence-electron chi connectivity index (χ3n) is 2.89. The Hall–Kier alpha value is -2.76. The number of carbonyl (C=O) groups is 1. The van der Waals surface area contributed by atoms with Crippen molar-refractivity contribution in [2.45, 2.75) is 6.92 Å². The number of benzene rings is 1. The minimum atomic E-state index is -0.973. The molecule has 1 aromatic carbocycles. The Balaban J connectivity index is 2.26. The highest BCUT2D eigenvalue weighted by atomic mass is 16.4. The third kappa shape index (κ3) is 1.83. The van der Waals surface area contributed by atoms with Gasteiger partial charge in [0.05, 0.1) is 11.3 Å². The number of fused-ring (bicyclic) bond motifs is 1. The Kier molecular flexibility index (Phi) is 2.49. The Morgan fingerprint density at radius 2 is 2.16 bits per heavy atom. The van der Waals surface area contributed by atoms with E-state index in [2.05, 4.69) is 15.3 Å². The Labute approximate surface area is 108 Å². The molecule has 2 heterocycles. The molecule has 0 aliphatic heterocycles. The van der Waals surface area contributed by atoms with Crippen LogP contribution in [0.1, 0.15) is 15.9 Å². The SMILES string of the molecule is Cc1ccc(C(=O)O)cc1-n1nnc2cccnc21. The molecule has 2 aromatic heterocycles. The van der Waals surface area contributed by atoms with E-state index in [-0.39, 0.29) is 5.56 Å². The van der Waals surface area contributed by atoms with E-state index in [4.69, 9.17) is 5.11 Å². The standard InChI is InChI=1S/C13H10N4O2/c1-8-4-5-9(13(18)19)7-11(8)17-12-10(15-16-17)3-2-6-14-12/h2-7H,1H3,(H,18,19). The lowest BCUT2D eigenvalue weighted by Crippen LogP contribution is -2.04. The topological polar surface area (TPSA) is 80.9 Å². The van der Waals surface area contributed by atoms with E-state index in [1.807, 2.05) is 13.0 Å². The van der Waals surface area contributed by atoms with E-state index < -0.39 is 5.97 Å². The quantitative estimate of drug-likeness (QED) is 0.754. The summed E-state index contributed by atoms with van der Waals surface area (Å²) >= 11 is 0. The normalized spacial score (nSPS) is 10.8. The van der Waals surface area contributed by atoms with Crippen LogP contribution in [0.3, 0.4) is 0 Å². The van der Waals surface area contributed by atoms with Gasteiger partial charge in [-0.15, -0.1) is 5.10 Å². The average molecular weight is 254 g/mol. The number of aryl methyl sites for hydroxylation is 1. The Morgan fingerprint density at radius 1 is 1.32 bits per heavy atom. The molecule has 0 saturated heterocycles. The van der Waals surface area contributed by atoms with Crippen molar-refractivity contribution in [1.29, 1.82) is 0 Å². The van der Waals surface area contributed by atoms with Crippen LogP contribution in [0.5, 0.6) is 0 Å². The first kappa shape index (κ1) is 11.3. The summed E-state index contributed by atoms with van der Waals surface area (Å²) in [5, 5.41) is 17.1. The highest BCUT2D eigenvalue weighted by molar-refractivity contribution is 5.88. The molecule has 3 rings (SSSR count). The van der Waals surface area contributed by atoms with Gasteiger partial charge in [-0.3, -0.25) is 0 Å². The maximum absolute atomic E-state index is 11.0. The van der Waals surface area contributed by atoms with Crippen molar-refractivity contribution < 1.29 is 9.90 Å². The molecule has 0 saturated carbocycles. The third-order valence-corrected chi connectivity index (χ3v) is 2.89. The van der Waals surface area contributed by atoms with Crippen molar-refractivity contribution in [2.24, 2.45) is 0 Å². The maximum atomic E-state index is 11.0. The molecule has 0 spiro atoms. The molecule has 19 heavy (non-hydrogen) atoms. The molecule has 6 nitrogen and oxygen atoms in total. The van der Waals surface area contributed by atoms with Gasteiger partial charge in [0.2, 0.25) is 0 Å². The number of pyridine rings is 1. The van der Waals surface area contributed by atoms with E-state index >= 15 is 0 Å². The second-order valence-corrected chi connectivity index (χ2v) is 4.15. The molecule has 0 fully saturated rings. The minimum Gasteiger partial charge on any atom is -0.478 e. The molecule has 1 N–H and O–H groups in total. The molecule has 6 heteroatoms. The monoisotopic (exact) mass is 254 g/mol. The number of carboxylic acid groups (broad SMARTS) is 1. The molecule has 0 unspecified atom stereocenters. The van der Waals surface area contributed by atoms with Crippen LogP contribution in [-0.4, -0.2) is 31.1 Å². The fourth-order valence-electron chi connectivity index (χ4n) is 1.90. The lowest BCUT2D eigenvalue weighted by molar-refractivity contribution is 0.0697. The largest absolute Gasteiger partial charge is 0.478 e. The fourth-order valence-corrected chi connectivity index (χ4v) is 1.90. The van der Waals surface area contributed by atoms with Crippen molar-refractivity contribution in [3.05, 3.63) is 47.7 Å². The van der Waals surface area contributed by atoms with Crippen molar-refractivity contribution in [2.75, 3.05) is 0 Å². The van der Waals surface area contributed by atoms with Crippen LogP contribution >= 0.6 is 0 Å². The van der Waals surface area contributed by atoms with Gasteiger partial charge in [0.1, 0.15) is 5.52 Å². The molecule has 0 radical (unpaired) electrons. The summed E-state index contributed by atoms with van der Waals surface area (Å²) in [4.78, 5) is 15.3. The highest BCUT2D eigenvalue weighted by Gasteiger charge is 2.12. The van der Waals surface area contributed by atoms with Crippen molar-refractivity contribution in [1.82, 2.24) is 20.0 Å². The van der Waals surface area contributed by atoms with E-state index in [9.17, 15) is 4.79 Å². The zero-order valence-electron chi connectivity index (χ0n) is 10.1. The Bertz CT molecular complexity index is 779. The van der Waals surface area contributed by atoms with Crippen LogP contribution in [0.4, 0.5) is 0 Å². The molecule has 0 aliphatic rings. The fraction of sp³-hybridized carbons (Fsp3) is 0.0769. The van der Waals surface area contributed by atoms with Crippen LogP contribution in [0.15, 0.2) is 36.5 Å². The van der Waals surface area contributed by atoms with E-state index in [1.54, 1.807) is 35.1 Å². The van der Waals surface area contributed by atoms with E-state index in [0.29, 0.717) is 16.9 Å². The summed E-state index contributed by atoms with van der Waals surface area (Å²) in [7, 11) is 0. The average Bonchev–Trinajstić information content (AvgIpc) is 2.83. The van der Waals surface area contributed by atoms with Gasteiger partial charge in [-0.25, -0.2) is 9.78 Å². The number of carboxylic acids is 1. The smallest absolute Gasteiger partial charge is 0.335 e. The van der Waals surface area contributed by atoms with Gasteiger partial charge in [0.15, 0.2) is 5.65 Å². The summed E-state index contributed by atoms with van der Waals surface area (Å²) in [6.07, 6.45) is 1.65. The van der Waals surface area contributed by atoms with Crippen molar-refractivity contribution in [3.63, 3.8) is 0 Å². The van der Waals surface area contributed by atoms with Crippen LogP contribution in [0.25, 0.3) is 16.9 Å². The predicted molar refractivity (Wildman–Crippen MR) is 68.4 cm³/mol. The second kappa shape index (κ2) is 4.16. The van der Waals surface area contributed by atoms with Crippen LogP contribution in [-0.2, 0) is 0 Å². The predicted octanol–water partition coefficient (Wildman–Crippen LogP) is 1.82. The first-order valence-electron chi connectivity index (χ1n) is 5.67. The van der Waals surface area contributed by atoms with Gasteiger partial charge in [0, 0.05) is 6.20 Å².